The fourth-order valence-electron chi connectivity index (χ4n) is 2.43. The predicted octanol–water partition coefficient (Wildman–Crippen LogP) is 2.11. The number of nitrogens with one attached hydrogen (secondary N) is 1. The molecule has 1 saturated carbocycles. The number of hydrogen-bond donors (Lipinski definition) is 1. The van der Waals surface area contributed by atoms with Crippen molar-refractivity contribution in [1.29, 1.82) is 0 Å². The summed E-state index contributed by atoms with van der Waals surface area (Å²) in [4.78, 5) is 2.61. The third kappa shape index (κ3) is 2.96. The summed E-state index contributed by atoms with van der Waals surface area (Å²) in [6.07, 6.45) is 4.10. The molecular weight excluding hydrogens is 172 g/mol. The molecule has 0 spiro atoms. The summed E-state index contributed by atoms with van der Waals surface area (Å²) in [6.45, 7) is 11.6. The first kappa shape index (κ1) is 12.0. The van der Waals surface area contributed by atoms with E-state index in [1.807, 2.05) is 0 Å². The zero-order valence-electron chi connectivity index (χ0n) is 10.1. The van der Waals surface area contributed by atoms with E-state index < -0.39 is 0 Å². The van der Waals surface area contributed by atoms with E-state index in [4.69, 9.17) is 0 Å². The standard InChI is InChI=1S/C12H26N2/c1-4-9-13-10-11-7-8-12(11)14(5-2)6-3/h11-13H,4-10H2,1-3H3. The van der Waals surface area contributed by atoms with Crippen molar-refractivity contribution in [2.75, 3.05) is 26.2 Å². The minimum absolute atomic E-state index is 0.870. The average Bonchev–Trinajstić information content (AvgIpc) is 2.18. The largest absolute Gasteiger partial charge is 0.316 e. The van der Waals surface area contributed by atoms with Crippen LogP contribution in [0.15, 0.2) is 0 Å². The van der Waals surface area contributed by atoms with Gasteiger partial charge in [-0.2, -0.15) is 0 Å². The maximum Gasteiger partial charge on any atom is 0.0135 e. The van der Waals surface area contributed by atoms with Gasteiger partial charge in [0.2, 0.25) is 0 Å². The van der Waals surface area contributed by atoms with Gasteiger partial charge < -0.3 is 10.2 Å². The first-order valence-electron chi connectivity index (χ1n) is 6.28. The summed E-state index contributed by atoms with van der Waals surface area (Å²) < 4.78 is 0. The molecule has 1 rings (SSSR count). The zero-order chi connectivity index (χ0) is 10.4. The second kappa shape index (κ2) is 6.41. The van der Waals surface area contributed by atoms with Crippen LogP contribution in [0.3, 0.4) is 0 Å². The third-order valence-corrected chi connectivity index (χ3v) is 3.49. The normalized spacial score (nSPS) is 26.6. The van der Waals surface area contributed by atoms with Gasteiger partial charge in [-0.3, -0.25) is 0 Å². The van der Waals surface area contributed by atoms with Crippen LogP contribution in [-0.4, -0.2) is 37.1 Å². The number of nitrogens with zero attached hydrogens (tertiary/aromatic N) is 1. The molecule has 2 heteroatoms. The summed E-state index contributed by atoms with van der Waals surface area (Å²) in [5.74, 6) is 0.918. The Hall–Kier alpha value is -0.0800. The van der Waals surface area contributed by atoms with Crippen molar-refractivity contribution in [2.45, 2.75) is 46.1 Å². The highest BCUT2D eigenvalue weighted by Gasteiger charge is 2.33. The highest BCUT2D eigenvalue weighted by Crippen LogP contribution is 2.31. The van der Waals surface area contributed by atoms with Crippen LogP contribution < -0.4 is 5.32 Å². The lowest BCUT2D eigenvalue weighted by Crippen LogP contribution is -2.50. The summed E-state index contributed by atoms with van der Waals surface area (Å²) in [7, 11) is 0. The van der Waals surface area contributed by atoms with E-state index >= 15 is 0 Å². The van der Waals surface area contributed by atoms with Crippen molar-refractivity contribution in [3.05, 3.63) is 0 Å². The molecule has 0 bridgehead atoms. The predicted molar refractivity (Wildman–Crippen MR) is 62.6 cm³/mol. The summed E-state index contributed by atoms with van der Waals surface area (Å²) in [5, 5.41) is 3.54. The van der Waals surface area contributed by atoms with Crippen LogP contribution >= 0.6 is 0 Å². The third-order valence-electron chi connectivity index (χ3n) is 3.49. The Bertz CT molecular complexity index is 143. The fourth-order valence-corrected chi connectivity index (χ4v) is 2.43. The number of hydrogen-bond acceptors (Lipinski definition) is 2. The molecule has 0 aromatic carbocycles. The van der Waals surface area contributed by atoms with E-state index in [0.29, 0.717) is 0 Å². The Morgan fingerprint density at radius 3 is 2.29 bits per heavy atom. The van der Waals surface area contributed by atoms with Crippen molar-refractivity contribution in [3.8, 4) is 0 Å². The Kier molecular flexibility index (Phi) is 5.49. The van der Waals surface area contributed by atoms with Gasteiger partial charge in [0.05, 0.1) is 0 Å². The van der Waals surface area contributed by atoms with Crippen molar-refractivity contribution < 1.29 is 0 Å². The second-order valence-electron chi connectivity index (χ2n) is 4.33. The minimum Gasteiger partial charge on any atom is -0.316 e. The van der Waals surface area contributed by atoms with Gasteiger partial charge in [0, 0.05) is 6.04 Å². The first-order chi connectivity index (χ1) is 6.83. The molecule has 84 valence electrons. The highest BCUT2D eigenvalue weighted by molar-refractivity contribution is 4.89. The average molecular weight is 198 g/mol. The van der Waals surface area contributed by atoms with Gasteiger partial charge >= 0.3 is 0 Å². The molecule has 2 nitrogen and oxygen atoms in total. The maximum absolute atomic E-state index is 3.54. The van der Waals surface area contributed by atoms with Crippen LogP contribution in [0, 0.1) is 5.92 Å². The molecule has 0 aromatic rings. The van der Waals surface area contributed by atoms with Crippen molar-refractivity contribution in [1.82, 2.24) is 10.2 Å². The zero-order valence-corrected chi connectivity index (χ0v) is 10.1. The highest BCUT2D eigenvalue weighted by atomic mass is 15.2. The van der Waals surface area contributed by atoms with Gasteiger partial charge in [-0.1, -0.05) is 20.8 Å². The molecule has 1 aliphatic carbocycles. The van der Waals surface area contributed by atoms with E-state index in [-0.39, 0.29) is 0 Å². The number of rotatable bonds is 7. The fraction of sp³-hybridized carbons (Fsp3) is 1.00. The molecule has 2 atom stereocenters. The summed E-state index contributed by atoms with van der Waals surface area (Å²) in [6, 6.07) is 0.870. The molecule has 0 amide bonds. The van der Waals surface area contributed by atoms with E-state index in [9.17, 15) is 0 Å². The Labute approximate surface area is 89.1 Å². The maximum atomic E-state index is 3.54. The molecule has 1 fully saturated rings. The quantitative estimate of drug-likeness (QED) is 0.630. The van der Waals surface area contributed by atoms with Crippen LogP contribution in [0.2, 0.25) is 0 Å². The molecule has 1 aliphatic rings. The lowest BCUT2D eigenvalue weighted by Gasteiger charge is -2.44. The molecule has 0 aromatic heterocycles. The van der Waals surface area contributed by atoms with Crippen LogP contribution in [0.5, 0.6) is 0 Å². The topological polar surface area (TPSA) is 15.3 Å². The van der Waals surface area contributed by atoms with E-state index in [2.05, 4.69) is 31.0 Å². The summed E-state index contributed by atoms with van der Waals surface area (Å²) >= 11 is 0. The lowest BCUT2D eigenvalue weighted by atomic mass is 9.78. The molecule has 0 aliphatic heterocycles. The first-order valence-corrected chi connectivity index (χ1v) is 6.28. The smallest absolute Gasteiger partial charge is 0.0135 e. The van der Waals surface area contributed by atoms with Crippen molar-refractivity contribution in [3.63, 3.8) is 0 Å². The van der Waals surface area contributed by atoms with Crippen LogP contribution in [0.1, 0.15) is 40.0 Å². The van der Waals surface area contributed by atoms with Gasteiger partial charge in [0.25, 0.3) is 0 Å². The van der Waals surface area contributed by atoms with Crippen LogP contribution in [0.4, 0.5) is 0 Å². The Balaban J connectivity index is 2.20. The summed E-state index contributed by atoms with van der Waals surface area (Å²) in [5.41, 5.74) is 0. The molecule has 2 unspecified atom stereocenters. The second-order valence-corrected chi connectivity index (χ2v) is 4.33. The molecule has 0 radical (unpaired) electrons. The molecular formula is C12H26N2. The Morgan fingerprint density at radius 2 is 1.86 bits per heavy atom. The Morgan fingerprint density at radius 1 is 1.14 bits per heavy atom. The van der Waals surface area contributed by atoms with Gasteiger partial charge in [-0.05, 0) is 51.4 Å². The molecule has 14 heavy (non-hydrogen) atoms. The SMILES string of the molecule is CCCNCC1CCC1N(CC)CC. The minimum atomic E-state index is 0.870. The van der Waals surface area contributed by atoms with Crippen molar-refractivity contribution in [2.24, 2.45) is 5.92 Å². The van der Waals surface area contributed by atoms with Gasteiger partial charge in [0.1, 0.15) is 0 Å². The van der Waals surface area contributed by atoms with E-state index in [1.165, 1.54) is 45.4 Å². The lowest BCUT2D eigenvalue weighted by molar-refractivity contribution is 0.0707. The van der Waals surface area contributed by atoms with Gasteiger partial charge in [0.15, 0.2) is 0 Å². The monoisotopic (exact) mass is 198 g/mol. The van der Waals surface area contributed by atoms with E-state index in [1.54, 1.807) is 0 Å². The van der Waals surface area contributed by atoms with E-state index in [0.717, 1.165) is 12.0 Å². The molecule has 1 N–H and O–H groups in total. The molecule has 0 heterocycles. The van der Waals surface area contributed by atoms with Crippen LogP contribution in [0.25, 0.3) is 0 Å². The van der Waals surface area contributed by atoms with Gasteiger partial charge in [-0.15, -0.1) is 0 Å². The van der Waals surface area contributed by atoms with Gasteiger partial charge in [-0.25, -0.2) is 0 Å². The van der Waals surface area contributed by atoms with Crippen LogP contribution in [-0.2, 0) is 0 Å². The molecule has 0 saturated heterocycles. The van der Waals surface area contributed by atoms with Crippen molar-refractivity contribution >= 4 is 0 Å².